The van der Waals surface area contributed by atoms with E-state index in [1.165, 1.54) is 0 Å². The molecule has 0 saturated heterocycles. The number of amides is 1. The summed E-state index contributed by atoms with van der Waals surface area (Å²) in [7, 11) is 0. The molecule has 1 amide bonds. The van der Waals surface area contributed by atoms with Gasteiger partial charge in [-0.3, -0.25) is 4.79 Å². The zero-order valence-corrected chi connectivity index (χ0v) is 11.2. The second-order valence-corrected chi connectivity index (χ2v) is 4.25. The Kier molecular flexibility index (Phi) is 5.61. The molecule has 0 fully saturated rings. The van der Waals surface area contributed by atoms with Gasteiger partial charge in [0.1, 0.15) is 12.4 Å². The van der Waals surface area contributed by atoms with E-state index in [1.807, 2.05) is 60.7 Å². The van der Waals surface area contributed by atoms with Crippen molar-refractivity contribution in [3.63, 3.8) is 0 Å². The molecular formula is C16H18N2O2. The van der Waals surface area contributed by atoms with E-state index in [1.54, 1.807) is 0 Å². The van der Waals surface area contributed by atoms with Crippen molar-refractivity contribution in [2.45, 2.75) is 0 Å². The van der Waals surface area contributed by atoms with Crippen LogP contribution in [0.3, 0.4) is 0 Å². The van der Waals surface area contributed by atoms with Crippen molar-refractivity contribution in [1.82, 2.24) is 5.32 Å². The minimum Gasteiger partial charge on any atom is -0.492 e. The van der Waals surface area contributed by atoms with E-state index in [4.69, 9.17) is 4.74 Å². The third-order valence-corrected chi connectivity index (χ3v) is 2.63. The summed E-state index contributed by atoms with van der Waals surface area (Å²) in [4.78, 5) is 11.6. The van der Waals surface area contributed by atoms with E-state index >= 15 is 0 Å². The second kappa shape index (κ2) is 7.96. The van der Waals surface area contributed by atoms with Crippen LogP contribution >= 0.6 is 0 Å². The van der Waals surface area contributed by atoms with E-state index in [-0.39, 0.29) is 12.5 Å². The molecule has 0 bridgehead atoms. The first-order valence-electron chi connectivity index (χ1n) is 6.58. The van der Waals surface area contributed by atoms with Crippen LogP contribution in [-0.2, 0) is 4.79 Å². The van der Waals surface area contributed by atoms with Gasteiger partial charge in [0.15, 0.2) is 0 Å². The number of hydrogen-bond donors (Lipinski definition) is 2. The number of anilines is 1. The molecule has 0 atom stereocenters. The first kappa shape index (κ1) is 14.1. The first-order chi connectivity index (χ1) is 9.84. The number of ether oxygens (including phenoxy) is 1. The second-order valence-electron chi connectivity index (χ2n) is 4.25. The van der Waals surface area contributed by atoms with E-state index in [9.17, 15) is 4.79 Å². The number of carbonyl (C=O) groups excluding carboxylic acids is 1. The predicted octanol–water partition coefficient (Wildman–Crippen LogP) is 2.29. The Bertz CT molecular complexity index is 515. The smallest absolute Gasteiger partial charge is 0.238 e. The van der Waals surface area contributed by atoms with Gasteiger partial charge in [-0.25, -0.2) is 0 Å². The zero-order valence-electron chi connectivity index (χ0n) is 11.2. The summed E-state index contributed by atoms with van der Waals surface area (Å²) in [6.07, 6.45) is 0. The topological polar surface area (TPSA) is 50.4 Å². The summed E-state index contributed by atoms with van der Waals surface area (Å²) in [6.45, 7) is 1.42. The average Bonchev–Trinajstić information content (AvgIpc) is 2.49. The van der Waals surface area contributed by atoms with Gasteiger partial charge in [-0.15, -0.1) is 0 Å². The van der Waals surface area contributed by atoms with E-state index in [0.717, 1.165) is 11.4 Å². The highest BCUT2D eigenvalue weighted by Gasteiger charge is 2.00. The van der Waals surface area contributed by atoms with Crippen molar-refractivity contribution in [2.75, 3.05) is 25.0 Å². The molecule has 0 aliphatic heterocycles. The lowest BCUT2D eigenvalue weighted by Gasteiger charge is -2.08. The van der Waals surface area contributed by atoms with Crippen LogP contribution in [0.5, 0.6) is 5.75 Å². The van der Waals surface area contributed by atoms with Gasteiger partial charge in [0.05, 0.1) is 6.54 Å². The molecule has 0 spiro atoms. The summed E-state index contributed by atoms with van der Waals surface area (Å²) in [5.74, 6) is 0.777. The fourth-order valence-corrected chi connectivity index (χ4v) is 1.69. The first-order valence-corrected chi connectivity index (χ1v) is 6.58. The number of carbonyl (C=O) groups is 1. The third-order valence-electron chi connectivity index (χ3n) is 2.63. The number of nitrogens with one attached hydrogen (secondary N) is 2. The standard InChI is InChI=1S/C16H18N2O2/c19-16(18-14-7-3-1-4-8-14)13-17-11-12-20-15-9-5-2-6-10-15/h1-10,17H,11-13H2,(H,18,19). The Morgan fingerprint density at radius 1 is 0.950 bits per heavy atom. The van der Waals surface area contributed by atoms with Gasteiger partial charge in [0.25, 0.3) is 0 Å². The monoisotopic (exact) mass is 270 g/mol. The highest BCUT2D eigenvalue weighted by atomic mass is 16.5. The highest BCUT2D eigenvalue weighted by Crippen LogP contribution is 2.07. The van der Waals surface area contributed by atoms with Crippen molar-refractivity contribution in [3.8, 4) is 5.75 Å². The molecule has 0 heterocycles. The lowest BCUT2D eigenvalue weighted by molar-refractivity contribution is -0.115. The average molecular weight is 270 g/mol. The number of benzene rings is 2. The van der Waals surface area contributed by atoms with E-state index in [0.29, 0.717) is 13.2 Å². The molecular weight excluding hydrogens is 252 g/mol. The summed E-state index contributed by atoms with van der Waals surface area (Å²) < 4.78 is 5.51. The van der Waals surface area contributed by atoms with Crippen LogP contribution in [0, 0.1) is 0 Å². The number of hydrogen-bond acceptors (Lipinski definition) is 3. The van der Waals surface area contributed by atoms with Crippen molar-refractivity contribution in [1.29, 1.82) is 0 Å². The maximum absolute atomic E-state index is 11.6. The molecule has 2 aromatic carbocycles. The quantitative estimate of drug-likeness (QED) is 0.759. The van der Waals surface area contributed by atoms with Crippen LogP contribution in [0.1, 0.15) is 0 Å². The molecule has 4 nitrogen and oxygen atoms in total. The van der Waals surface area contributed by atoms with Gasteiger partial charge in [0.2, 0.25) is 5.91 Å². The lowest BCUT2D eigenvalue weighted by Crippen LogP contribution is -2.31. The molecule has 2 aromatic rings. The van der Waals surface area contributed by atoms with Gasteiger partial charge in [-0.05, 0) is 24.3 Å². The fraction of sp³-hybridized carbons (Fsp3) is 0.188. The Morgan fingerprint density at radius 3 is 2.30 bits per heavy atom. The van der Waals surface area contributed by atoms with Crippen LogP contribution in [-0.4, -0.2) is 25.6 Å². The fourth-order valence-electron chi connectivity index (χ4n) is 1.69. The van der Waals surface area contributed by atoms with Gasteiger partial charge >= 0.3 is 0 Å². The maximum Gasteiger partial charge on any atom is 0.238 e. The van der Waals surface area contributed by atoms with Crippen LogP contribution < -0.4 is 15.4 Å². The number of rotatable bonds is 7. The molecule has 0 saturated carbocycles. The Morgan fingerprint density at radius 2 is 1.60 bits per heavy atom. The molecule has 2 rings (SSSR count). The molecule has 0 aromatic heterocycles. The molecule has 0 aliphatic rings. The SMILES string of the molecule is O=C(CNCCOc1ccccc1)Nc1ccccc1. The van der Waals surface area contributed by atoms with Gasteiger partial charge in [0, 0.05) is 12.2 Å². The van der Waals surface area contributed by atoms with E-state index < -0.39 is 0 Å². The third kappa shape index (κ3) is 5.12. The normalized spacial score (nSPS) is 10.0. The minimum absolute atomic E-state index is 0.0593. The molecule has 0 aliphatic carbocycles. The van der Waals surface area contributed by atoms with E-state index in [2.05, 4.69) is 10.6 Å². The summed E-state index contributed by atoms with van der Waals surface area (Å²) in [5, 5.41) is 5.85. The van der Waals surface area contributed by atoms with Crippen LogP contribution in [0.15, 0.2) is 60.7 Å². The summed E-state index contributed by atoms with van der Waals surface area (Å²) in [6, 6.07) is 19.0. The summed E-state index contributed by atoms with van der Waals surface area (Å²) >= 11 is 0. The minimum atomic E-state index is -0.0593. The predicted molar refractivity (Wildman–Crippen MR) is 79.9 cm³/mol. The molecule has 4 heteroatoms. The molecule has 0 radical (unpaired) electrons. The molecule has 2 N–H and O–H groups in total. The summed E-state index contributed by atoms with van der Waals surface area (Å²) in [5.41, 5.74) is 0.805. The van der Waals surface area contributed by atoms with Crippen molar-refractivity contribution in [2.24, 2.45) is 0 Å². The van der Waals surface area contributed by atoms with Crippen LogP contribution in [0.25, 0.3) is 0 Å². The molecule has 20 heavy (non-hydrogen) atoms. The Labute approximate surface area is 118 Å². The van der Waals surface area contributed by atoms with Crippen molar-refractivity contribution in [3.05, 3.63) is 60.7 Å². The Hall–Kier alpha value is -2.33. The van der Waals surface area contributed by atoms with Crippen LogP contribution in [0.2, 0.25) is 0 Å². The van der Waals surface area contributed by atoms with Gasteiger partial charge < -0.3 is 15.4 Å². The largest absolute Gasteiger partial charge is 0.492 e. The number of para-hydroxylation sites is 2. The van der Waals surface area contributed by atoms with Gasteiger partial charge in [-0.2, -0.15) is 0 Å². The maximum atomic E-state index is 11.6. The van der Waals surface area contributed by atoms with Crippen molar-refractivity contribution < 1.29 is 9.53 Å². The zero-order chi connectivity index (χ0) is 14.0. The molecule has 0 unspecified atom stereocenters. The lowest BCUT2D eigenvalue weighted by atomic mass is 10.3. The van der Waals surface area contributed by atoms with Crippen LogP contribution in [0.4, 0.5) is 5.69 Å². The van der Waals surface area contributed by atoms with Crippen molar-refractivity contribution >= 4 is 11.6 Å². The Balaban J connectivity index is 1.58. The highest BCUT2D eigenvalue weighted by molar-refractivity contribution is 5.92. The van der Waals surface area contributed by atoms with Gasteiger partial charge in [-0.1, -0.05) is 36.4 Å². The molecule has 104 valence electrons.